The van der Waals surface area contributed by atoms with E-state index in [1.807, 2.05) is 0 Å². The van der Waals surface area contributed by atoms with E-state index >= 15 is 0 Å². The average molecular weight is 1240 g/mol. The molecule has 0 fully saturated rings. The van der Waals surface area contributed by atoms with Gasteiger partial charge in [0, 0.05) is 138 Å². The molecule has 0 bridgehead atoms. The minimum Gasteiger partial charge on any atom is -0.364 e. The van der Waals surface area contributed by atoms with E-state index in [0.29, 0.717) is 28.4 Å². The van der Waals surface area contributed by atoms with E-state index in [1.54, 1.807) is 91.0 Å². The third kappa shape index (κ3) is 15.5. The normalized spacial score (nSPS) is 11.7. The molecular formula is C58H69N21O11. The Morgan fingerprint density at radius 1 is 0.411 bits per heavy atom. The Balaban J connectivity index is 0.741. The molecule has 0 radical (unpaired) electrons. The zero-order valence-corrected chi connectivity index (χ0v) is 50.6. The number of anilines is 7. The molecule has 8 aromatic rings. The van der Waals surface area contributed by atoms with E-state index in [0.717, 1.165) is 0 Å². The number of carbonyl (C=O) groups is 11. The van der Waals surface area contributed by atoms with Crippen molar-refractivity contribution < 1.29 is 52.7 Å². The molecule has 0 aromatic carbocycles. The number of amides is 11. The Morgan fingerprint density at radius 3 is 1.13 bits per heavy atom. The molecule has 472 valence electrons. The molecule has 2 atom stereocenters. The second kappa shape index (κ2) is 27.3. The topological polar surface area (TPSA) is 412 Å². The van der Waals surface area contributed by atoms with Crippen molar-refractivity contribution in [3.8, 4) is 0 Å². The van der Waals surface area contributed by atoms with Gasteiger partial charge in [-0.15, -0.1) is 0 Å². The van der Waals surface area contributed by atoms with Crippen LogP contribution >= 0.6 is 0 Å². The number of hydrogen-bond donors (Lipinski definition) is 12. The molecule has 0 saturated heterocycles. The highest BCUT2D eigenvalue weighted by molar-refractivity contribution is 6.09. The van der Waals surface area contributed by atoms with Gasteiger partial charge >= 0.3 is 0 Å². The molecule has 0 saturated carbocycles. The molecule has 8 aromatic heterocycles. The van der Waals surface area contributed by atoms with Crippen molar-refractivity contribution in [3.05, 3.63) is 144 Å². The zero-order valence-electron chi connectivity index (χ0n) is 50.6. The third-order valence-corrected chi connectivity index (χ3v) is 14.3. The van der Waals surface area contributed by atoms with Gasteiger partial charge in [-0.2, -0.15) is 0 Å². The molecule has 11 amide bonds. The summed E-state index contributed by atoms with van der Waals surface area (Å²) in [5.41, 5.74) is 15.1. The van der Waals surface area contributed by atoms with Crippen LogP contribution in [0.1, 0.15) is 104 Å². The minimum atomic E-state index is -1.08. The lowest BCUT2D eigenvalue weighted by atomic mass is 10.1. The van der Waals surface area contributed by atoms with E-state index < -0.39 is 76.9 Å². The Bertz CT molecular complexity index is 4140. The molecule has 14 N–H and O–H groups in total. The van der Waals surface area contributed by atoms with Crippen molar-refractivity contribution in [2.24, 2.45) is 73.8 Å². The lowest BCUT2D eigenvalue weighted by molar-refractivity contribution is -0.119. The Morgan fingerprint density at radius 2 is 0.744 bits per heavy atom. The average Bonchev–Trinajstić information content (AvgIpc) is 1.98. The number of hydrogen-bond acceptors (Lipinski definition) is 13. The van der Waals surface area contributed by atoms with Gasteiger partial charge in [0.05, 0.1) is 51.8 Å². The Kier molecular flexibility index (Phi) is 19.5. The van der Waals surface area contributed by atoms with Crippen LogP contribution in [0.3, 0.4) is 0 Å². The number of rotatable bonds is 25. The number of aromatic nitrogens is 9. The molecule has 0 unspecified atom stereocenters. The molecule has 32 heteroatoms. The Hall–Kier alpha value is -11.7. The van der Waals surface area contributed by atoms with Crippen LogP contribution in [-0.2, 0) is 70.8 Å². The number of carbonyl (C=O) groups excluding carboxylic acids is 11. The number of nitrogens with one attached hydrogen (secondary N) is 10. The molecule has 8 rings (SSSR count). The molecule has 0 aliphatic carbocycles. The summed E-state index contributed by atoms with van der Waals surface area (Å²) in [6, 6.07) is 9.18. The first kappa shape index (κ1) is 64.3. The van der Waals surface area contributed by atoms with Gasteiger partial charge in [-0.1, -0.05) is 6.92 Å². The van der Waals surface area contributed by atoms with E-state index in [2.05, 4.69) is 58.2 Å². The first-order valence-corrected chi connectivity index (χ1v) is 27.8. The lowest BCUT2D eigenvalue weighted by Gasteiger charge is -2.12. The maximum Gasteiger partial charge on any atom is 0.291 e. The number of imidazole rings is 1. The molecule has 32 nitrogen and oxygen atoms in total. The predicted molar refractivity (Wildman–Crippen MR) is 331 cm³/mol. The van der Waals surface area contributed by atoms with Crippen LogP contribution in [0.15, 0.2) is 98.2 Å². The van der Waals surface area contributed by atoms with Crippen molar-refractivity contribution in [2.45, 2.75) is 25.8 Å². The second-order valence-corrected chi connectivity index (χ2v) is 21.4. The van der Waals surface area contributed by atoms with Gasteiger partial charge in [0.1, 0.15) is 39.9 Å². The Labute approximate surface area is 513 Å². The van der Waals surface area contributed by atoms with Crippen LogP contribution < -0.4 is 64.6 Å². The maximum atomic E-state index is 13.5. The van der Waals surface area contributed by atoms with Crippen molar-refractivity contribution in [2.75, 3.05) is 56.9 Å². The SMILES string of the molecule is C[C@H](CNC(=O)c1cc(NC(=O)c2nccn2C)cn1C)C(=O)Nc1cc(C(=O)Nc2cc(C(=O)NCC[C@@H](N)C(=O)Nc3cc(C(=O)Nc4cc(C(=O)Nc5cc(C(=O)NCCC(=O)Nc6cc(C(N)=O)n(C)c6)n(C)c5)n(C)c4)n(C)c3)n(C)c2)n(C)c1. The number of nitrogens with zero attached hydrogens (tertiary/aromatic N) is 9. The smallest absolute Gasteiger partial charge is 0.291 e. The van der Waals surface area contributed by atoms with Crippen LogP contribution in [0.4, 0.5) is 39.8 Å². The summed E-state index contributed by atoms with van der Waals surface area (Å²) in [4.78, 5) is 147. The van der Waals surface area contributed by atoms with Gasteiger partial charge in [-0.3, -0.25) is 52.7 Å². The number of nitrogens with two attached hydrogens (primary N) is 2. The van der Waals surface area contributed by atoms with Gasteiger partial charge in [0.2, 0.25) is 17.7 Å². The summed E-state index contributed by atoms with van der Waals surface area (Å²) < 4.78 is 12.1. The van der Waals surface area contributed by atoms with Crippen molar-refractivity contribution in [1.29, 1.82) is 0 Å². The fourth-order valence-corrected chi connectivity index (χ4v) is 9.48. The predicted octanol–water partition coefficient (Wildman–Crippen LogP) is 1.75. The summed E-state index contributed by atoms with van der Waals surface area (Å²) in [5, 5.41) is 27.2. The van der Waals surface area contributed by atoms with Crippen LogP contribution in [0.2, 0.25) is 0 Å². The van der Waals surface area contributed by atoms with Crippen molar-refractivity contribution >= 4 is 105 Å². The minimum absolute atomic E-state index is 0.00220. The molecule has 0 aliphatic heterocycles. The van der Waals surface area contributed by atoms with Gasteiger partial charge in [-0.05, 0) is 48.9 Å². The summed E-state index contributed by atoms with van der Waals surface area (Å²) in [6.45, 7) is 1.60. The zero-order chi connectivity index (χ0) is 65.4. The standard InChI is InChI=1S/C58H69N21O11/c1-31(23-64-54(86)43-19-38(30-76(43)6)71-58(90)49-61-14-15-72(49)2)50(82)66-33-20-44(77(7)25-33)55(87)68-35-17-41(74(4)27-35)52(84)62-12-10-39(59)51(83)67-34-21-45(78(8)26-34)56(88)70-37-22-46(79(9)29-37)57(89)69-36-18-42(75(5)28-36)53(85)63-13-11-47(80)65-32-16-40(48(60)81)73(3)24-32/h14-22,24-31,39H,10-13,23,59H2,1-9H3,(H2,60,81)(H,62,84)(H,63,85)(H,64,86)(H,65,80)(H,66,82)(H,67,83)(H,68,87)(H,69,89)(H,70,88)(H,71,90)/t31-,39-/m1/s1. The van der Waals surface area contributed by atoms with Crippen LogP contribution in [0.5, 0.6) is 0 Å². The van der Waals surface area contributed by atoms with Gasteiger partial charge < -0.3 is 101 Å². The first-order chi connectivity index (χ1) is 42.6. The molecule has 8 heterocycles. The molecule has 0 aliphatic rings. The van der Waals surface area contributed by atoms with Gasteiger partial charge in [-0.25, -0.2) is 4.98 Å². The molecule has 0 spiro atoms. The fourth-order valence-electron chi connectivity index (χ4n) is 9.48. The first-order valence-electron chi connectivity index (χ1n) is 27.8. The monoisotopic (exact) mass is 1240 g/mol. The molecule has 90 heavy (non-hydrogen) atoms. The second-order valence-electron chi connectivity index (χ2n) is 21.4. The fraction of sp³-hybridized carbons (Fsp3) is 0.276. The summed E-state index contributed by atoms with van der Waals surface area (Å²) in [6.07, 6.45) is 13.9. The van der Waals surface area contributed by atoms with Gasteiger partial charge in [0.15, 0.2) is 5.82 Å². The molecular weight excluding hydrogens is 1170 g/mol. The summed E-state index contributed by atoms with van der Waals surface area (Å²) in [5.74, 6) is -6.12. The highest BCUT2D eigenvalue weighted by Crippen LogP contribution is 2.23. The van der Waals surface area contributed by atoms with E-state index in [9.17, 15) is 52.7 Å². The highest BCUT2D eigenvalue weighted by atomic mass is 16.2. The highest BCUT2D eigenvalue weighted by Gasteiger charge is 2.24. The van der Waals surface area contributed by atoms with Crippen molar-refractivity contribution in [3.63, 3.8) is 0 Å². The number of aryl methyl sites for hydroxylation is 8. The van der Waals surface area contributed by atoms with Crippen LogP contribution in [0, 0.1) is 5.92 Å². The van der Waals surface area contributed by atoms with Crippen molar-refractivity contribution in [1.82, 2.24) is 57.5 Å². The quantitative estimate of drug-likeness (QED) is 0.0389. The van der Waals surface area contributed by atoms with E-state index in [-0.39, 0.29) is 89.5 Å². The largest absolute Gasteiger partial charge is 0.364 e. The lowest BCUT2D eigenvalue weighted by Crippen LogP contribution is -2.39. The van der Waals surface area contributed by atoms with Gasteiger partial charge in [0.25, 0.3) is 47.3 Å². The van der Waals surface area contributed by atoms with E-state index in [4.69, 9.17) is 11.5 Å². The summed E-state index contributed by atoms with van der Waals surface area (Å²) in [7, 11) is 13.0. The van der Waals surface area contributed by atoms with E-state index in [1.165, 1.54) is 107 Å². The number of primary amides is 1. The summed E-state index contributed by atoms with van der Waals surface area (Å²) >= 11 is 0. The van der Waals surface area contributed by atoms with Crippen LogP contribution in [-0.4, -0.2) is 132 Å². The third-order valence-electron chi connectivity index (χ3n) is 14.3. The van der Waals surface area contributed by atoms with Crippen LogP contribution in [0.25, 0.3) is 0 Å². The maximum absolute atomic E-state index is 13.5.